The number of anilines is 1. The van der Waals surface area contributed by atoms with E-state index in [1.807, 2.05) is 5.01 Å². The first-order chi connectivity index (χ1) is 8.70. The summed E-state index contributed by atoms with van der Waals surface area (Å²) in [6, 6.07) is 4.74. The molecule has 0 unspecified atom stereocenters. The van der Waals surface area contributed by atoms with Crippen LogP contribution in [0.3, 0.4) is 0 Å². The van der Waals surface area contributed by atoms with Crippen LogP contribution in [0.1, 0.15) is 0 Å². The molecule has 1 N–H and O–H groups in total. The van der Waals surface area contributed by atoms with Gasteiger partial charge in [0.2, 0.25) is 0 Å². The average Bonchev–Trinajstić information content (AvgIpc) is 2.40. The molecular weight excluding hydrogens is 238 g/mol. The van der Waals surface area contributed by atoms with Crippen molar-refractivity contribution in [3.63, 3.8) is 0 Å². The SMILES string of the molecule is COc1ccc(NN2CCOCC2)c([N+](=O)[O-])c1. The summed E-state index contributed by atoms with van der Waals surface area (Å²) in [6.45, 7) is 2.64. The lowest BCUT2D eigenvalue weighted by molar-refractivity contribution is -0.384. The molecule has 7 heteroatoms. The van der Waals surface area contributed by atoms with Gasteiger partial charge in [0.25, 0.3) is 5.69 Å². The molecule has 0 amide bonds. The van der Waals surface area contributed by atoms with E-state index in [0.717, 1.165) is 0 Å². The van der Waals surface area contributed by atoms with Crippen LogP contribution in [0.15, 0.2) is 18.2 Å². The number of morpholine rings is 1. The smallest absolute Gasteiger partial charge is 0.297 e. The number of ether oxygens (including phenoxy) is 2. The summed E-state index contributed by atoms with van der Waals surface area (Å²) in [5, 5.41) is 12.9. The van der Waals surface area contributed by atoms with Crippen LogP contribution in [0.5, 0.6) is 5.75 Å². The molecule has 7 nitrogen and oxygen atoms in total. The maximum Gasteiger partial charge on any atom is 0.297 e. The van der Waals surface area contributed by atoms with E-state index in [1.165, 1.54) is 13.2 Å². The van der Waals surface area contributed by atoms with E-state index in [1.54, 1.807) is 12.1 Å². The highest BCUT2D eigenvalue weighted by Gasteiger charge is 2.18. The number of nitrogens with zero attached hydrogens (tertiary/aromatic N) is 2. The lowest BCUT2D eigenvalue weighted by atomic mass is 10.2. The van der Waals surface area contributed by atoms with Crippen LogP contribution in [0.2, 0.25) is 0 Å². The highest BCUT2D eigenvalue weighted by molar-refractivity contribution is 5.63. The Bertz CT molecular complexity index is 432. The van der Waals surface area contributed by atoms with E-state index in [9.17, 15) is 10.1 Å². The Morgan fingerprint density at radius 3 is 2.78 bits per heavy atom. The van der Waals surface area contributed by atoms with Gasteiger partial charge >= 0.3 is 0 Å². The standard InChI is InChI=1S/C11H15N3O4/c1-17-9-2-3-10(11(8-9)14(15)16)12-13-4-6-18-7-5-13/h2-3,8,12H,4-7H2,1H3. The number of benzene rings is 1. The minimum atomic E-state index is -0.425. The number of methoxy groups -OCH3 is 1. The largest absolute Gasteiger partial charge is 0.496 e. The van der Waals surface area contributed by atoms with Crippen molar-refractivity contribution < 1.29 is 14.4 Å². The van der Waals surface area contributed by atoms with Gasteiger partial charge in [-0.25, -0.2) is 5.01 Å². The molecule has 0 aliphatic carbocycles. The Balaban J connectivity index is 2.17. The van der Waals surface area contributed by atoms with Crippen molar-refractivity contribution in [3.05, 3.63) is 28.3 Å². The lowest BCUT2D eigenvalue weighted by Crippen LogP contribution is -2.40. The van der Waals surface area contributed by atoms with Crippen molar-refractivity contribution in [2.75, 3.05) is 38.8 Å². The molecular formula is C11H15N3O4. The van der Waals surface area contributed by atoms with Gasteiger partial charge in [-0.2, -0.15) is 0 Å². The third-order valence-electron chi connectivity index (χ3n) is 2.69. The fourth-order valence-electron chi connectivity index (χ4n) is 1.73. The zero-order valence-corrected chi connectivity index (χ0v) is 10.1. The van der Waals surface area contributed by atoms with Crippen LogP contribution in [0, 0.1) is 10.1 Å². The van der Waals surface area contributed by atoms with E-state index < -0.39 is 4.92 Å². The highest BCUT2D eigenvalue weighted by Crippen LogP contribution is 2.29. The van der Waals surface area contributed by atoms with Gasteiger partial charge in [0.05, 0.1) is 31.3 Å². The second-order valence-electron chi connectivity index (χ2n) is 3.85. The molecule has 1 aliphatic rings. The molecule has 0 radical (unpaired) electrons. The van der Waals surface area contributed by atoms with Crippen LogP contribution in [0.4, 0.5) is 11.4 Å². The van der Waals surface area contributed by atoms with E-state index in [0.29, 0.717) is 37.7 Å². The summed E-state index contributed by atoms with van der Waals surface area (Å²) < 4.78 is 10.2. The van der Waals surface area contributed by atoms with Crippen LogP contribution in [-0.4, -0.2) is 43.3 Å². The molecule has 1 fully saturated rings. The summed E-state index contributed by atoms with van der Waals surface area (Å²) in [5.74, 6) is 0.467. The fourth-order valence-corrected chi connectivity index (χ4v) is 1.73. The van der Waals surface area contributed by atoms with Gasteiger partial charge < -0.3 is 14.9 Å². The van der Waals surface area contributed by atoms with Gasteiger partial charge in [0.15, 0.2) is 0 Å². The predicted octanol–water partition coefficient (Wildman–Crippen LogP) is 1.26. The minimum Gasteiger partial charge on any atom is -0.496 e. The molecule has 0 aromatic heterocycles. The Labute approximate surface area is 104 Å². The normalized spacial score (nSPS) is 16.3. The second-order valence-corrected chi connectivity index (χ2v) is 3.85. The highest BCUT2D eigenvalue weighted by atomic mass is 16.6. The topological polar surface area (TPSA) is 76.9 Å². The average molecular weight is 253 g/mol. The summed E-state index contributed by atoms with van der Waals surface area (Å²) in [4.78, 5) is 10.6. The maximum absolute atomic E-state index is 11.0. The molecule has 0 spiro atoms. The predicted molar refractivity (Wildman–Crippen MR) is 65.7 cm³/mol. The zero-order chi connectivity index (χ0) is 13.0. The number of rotatable bonds is 4. The van der Waals surface area contributed by atoms with E-state index in [2.05, 4.69) is 5.43 Å². The third-order valence-corrected chi connectivity index (χ3v) is 2.69. The van der Waals surface area contributed by atoms with Crippen molar-refractivity contribution in [1.29, 1.82) is 0 Å². The van der Waals surface area contributed by atoms with Crippen LogP contribution < -0.4 is 10.2 Å². The van der Waals surface area contributed by atoms with Gasteiger partial charge in [-0.15, -0.1) is 0 Å². The molecule has 1 aromatic rings. The van der Waals surface area contributed by atoms with Crippen LogP contribution >= 0.6 is 0 Å². The number of hydrazine groups is 1. The lowest BCUT2D eigenvalue weighted by Gasteiger charge is -2.27. The molecule has 1 heterocycles. The first-order valence-corrected chi connectivity index (χ1v) is 5.62. The number of hydrogen-bond acceptors (Lipinski definition) is 6. The fraction of sp³-hybridized carbons (Fsp3) is 0.455. The van der Waals surface area contributed by atoms with Crippen molar-refractivity contribution in [2.24, 2.45) is 0 Å². The van der Waals surface area contributed by atoms with Gasteiger partial charge in [0.1, 0.15) is 11.4 Å². The number of nitrogens with one attached hydrogen (secondary N) is 1. The molecule has 98 valence electrons. The zero-order valence-electron chi connectivity index (χ0n) is 10.1. The third kappa shape index (κ3) is 2.88. The summed E-state index contributed by atoms with van der Waals surface area (Å²) in [6.07, 6.45) is 0. The molecule has 2 rings (SSSR count). The van der Waals surface area contributed by atoms with Crippen molar-refractivity contribution in [3.8, 4) is 5.75 Å². The van der Waals surface area contributed by atoms with E-state index >= 15 is 0 Å². The Morgan fingerprint density at radius 1 is 1.44 bits per heavy atom. The first kappa shape index (κ1) is 12.6. The summed E-state index contributed by atoms with van der Waals surface area (Å²) >= 11 is 0. The van der Waals surface area contributed by atoms with Gasteiger partial charge in [0, 0.05) is 13.1 Å². The van der Waals surface area contributed by atoms with E-state index in [4.69, 9.17) is 9.47 Å². The number of nitro groups is 1. The van der Waals surface area contributed by atoms with Crippen molar-refractivity contribution in [2.45, 2.75) is 0 Å². The molecule has 1 aromatic carbocycles. The Morgan fingerprint density at radius 2 is 2.17 bits per heavy atom. The van der Waals surface area contributed by atoms with Crippen LogP contribution in [0.25, 0.3) is 0 Å². The number of hydrogen-bond donors (Lipinski definition) is 1. The molecule has 0 bridgehead atoms. The van der Waals surface area contributed by atoms with Crippen molar-refractivity contribution in [1.82, 2.24) is 5.01 Å². The molecule has 18 heavy (non-hydrogen) atoms. The van der Waals surface area contributed by atoms with Crippen LogP contribution in [-0.2, 0) is 4.74 Å². The van der Waals surface area contributed by atoms with Gasteiger partial charge in [-0.1, -0.05) is 0 Å². The summed E-state index contributed by atoms with van der Waals surface area (Å²) in [5.41, 5.74) is 3.50. The number of nitro benzene ring substituents is 1. The quantitative estimate of drug-likeness (QED) is 0.643. The second kappa shape index (κ2) is 5.65. The monoisotopic (exact) mass is 253 g/mol. The molecule has 0 atom stereocenters. The minimum absolute atomic E-state index is 0.000779. The van der Waals surface area contributed by atoms with E-state index in [-0.39, 0.29) is 5.69 Å². The van der Waals surface area contributed by atoms with Crippen molar-refractivity contribution >= 4 is 11.4 Å². The van der Waals surface area contributed by atoms with Gasteiger partial charge in [-0.3, -0.25) is 10.1 Å². The van der Waals surface area contributed by atoms with Gasteiger partial charge in [-0.05, 0) is 12.1 Å². The molecule has 0 saturated carbocycles. The molecule has 1 saturated heterocycles. The summed E-state index contributed by atoms with van der Waals surface area (Å²) in [7, 11) is 1.48. The maximum atomic E-state index is 11.0. The molecule has 1 aliphatic heterocycles. The first-order valence-electron chi connectivity index (χ1n) is 5.62. The Hall–Kier alpha value is -1.86. The Kier molecular flexibility index (Phi) is 3.96.